The molecule has 7 unspecified atom stereocenters. The van der Waals surface area contributed by atoms with Crippen LogP contribution in [-0.4, -0.2) is 45.1 Å². The number of carbonyl (C=O) groups excluding carboxylic acids is 1. The third kappa shape index (κ3) is 5.26. The van der Waals surface area contributed by atoms with Gasteiger partial charge in [-0.2, -0.15) is 5.26 Å². The molecule has 11 rings (SSSR count). The van der Waals surface area contributed by atoms with Crippen LogP contribution in [0.25, 0.3) is 32.9 Å². The van der Waals surface area contributed by atoms with E-state index in [1.807, 2.05) is 31.2 Å². The number of hydrogen-bond donors (Lipinski definition) is 1. The van der Waals surface area contributed by atoms with Crippen molar-refractivity contribution < 1.29 is 13.9 Å². The number of aryl methyl sites for hydroxylation is 2. The van der Waals surface area contributed by atoms with Crippen molar-refractivity contribution in [1.82, 2.24) is 19.8 Å². The van der Waals surface area contributed by atoms with Gasteiger partial charge in [0.15, 0.2) is 5.82 Å². The summed E-state index contributed by atoms with van der Waals surface area (Å²) >= 11 is 13.2. The van der Waals surface area contributed by atoms with E-state index in [0.29, 0.717) is 46.7 Å². The topological polar surface area (TPSA) is 83.2 Å². The Morgan fingerprint density at radius 3 is 2.64 bits per heavy atom. The van der Waals surface area contributed by atoms with Crippen LogP contribution in [0.15, 0.2) is 60.7 Å². The normalized spacial score (nSPS) is 27.2. The molecule has 5 heterocycles. The minimum absolute atomic E-state index is 0.0205. The van der Waals surface area contributed by atoms with Gasteiger partial charge in [-0.25, -0.2) is 9.37 Å². The monoisotopic (exact) mass is 747 g/mol. The van der Waals surface area contributed by atoms with Crippen LogP contribution in [0.1, 0.15) is 73.1 Å². The number of pyridine rings is 1. The van der Waals surface area contributed by atoms with Crippen LogP contribution in [0, 0.1) is 41.8 Å². The molecular weight excluding hydrogens is 708 g/mol. The van der Waals surface area contributed by atoms with Crippen LogP contribution in [-0.2, 0) is 22.6 Å². The molecule has 0 spiro atoms. The van der Waals surface area contributed by atoms with Gasteiger partial charge in [0.1, 0.15) is 5.52 Å². The van der Waals surface area contributed by atoms with Crippen molar-refractivity contribution in [2.24, 2.45) is 17.8 Å². The predicted octanol–water partition coefficient (Wildman–Crippen LogP) is 9.26. The van der Waals surface area contributed by atoms with Crippen molar-refractivity contribution in [3.8, 4) is 17.2 Å². The van der Waals surface area contributed by atoms with Gasteiger partial charge in [0.05, 0.1) is 46.4 Å². The van der Waals surface area contributed by atoms with Crippen LogP contribution in [0.5, 0.6) is 0 Å². The summed E-state index contributed by atoms with van der Waals surface area (Å²) in [5.41, 5.74) is 5.73. The average molecular weight is 749 g/mol. The van der Waals surface area contributed by atoms with Gasteiger partial charge in [-0.3, -0.25) is 4.79 Å². The molecule has 270 valence electrons. The Morgan fingerprint density at radius 2 is 1.91 bits per heavy atom. The zero-order valence-electron chi connectivity index (χ0n) is 29.5. The maximum atomic E-state index is 17.3. The Morgan fingerprint density at radius 1 is 1.08 bits per heavy atom. The zero-order valence-corrected chi connectivity index (χ0v) is 31.0. The first-order valence-corrected chi connectivity index (χ1v) is 19.8. The van der Waals surface area contributed by atoms with Gasteiger partial charge in [-0.15, -0.1) is 0 Å². The molecule has 3 saturated carbocycles. The molecule has 3 saturated heterocycles. The number of ether oxygens (including phenoxy) is 1. The Balaban J connectivity index is 1.19. The van der Waals surface area contributed by atoms with Crippen molar-refractivity contribution in [1.29, 1.82) is 5.26 Å². The lowest BCUT2D eigenvalue weighted by atomic mass is 9.79. The first kappa shape index (κ1) is 33.6. The van der Waals surface area contributed by atoms with Gasteiger partial charge >= 0.3 is 0 Å². The fraction of sp³-hybridized carbons (Fsp3) is 0.419. The summed E-state index contributed by atoms with van der Waals surface area (Å²) in [6.45, 7) is 3.42. The summed E-state index contributed by atoms with van der Waals surface area (Å²) in [5, 5.41) is 15.7. The second kappa shape index (κ2) is 12.8. The Kier molecular flexibility index (Phi) is 8.11. The summed E-state index contributed by atoms with van der Waals surface area (Å²) in [7, 11) is 0. The molecule has 6 fully saturated rings. The third-order valence-electron chi connectivity index (χ3n) is 12.8. The number of likely N-dealkylation sites (tertiary alicyclic amines) is 1. The first-order chi connectivity index (χ1) is 25.8. The molecule has 7 nitrogen and oxygen atoms in total. The number of hydrogen-bond acceptors (Lipinski definition) is 5. The molecule has 3 aliphatic carbocycles. The van der Waals surface area contributed by atoms with Gasteiger partial charge in [-0.05, 0) is 80.7 Å². The highest BCUT2D eigenvalue weighted by Crippen LogP contribution is 2.57. The van der Waals surface area contributed by atoms with E-state index < -0.39 is 5.82 Å². The maximum absolute atomic E-state index is 17.3. The van der Waals surface area contributed by atoms with E-state index in [-0.39, 0.29) is 58.9 Å². The van der Waals surface area contributed by atoms with Crippen molar-refractivity contribution in [2.45, 2.75) is 88.7 Å². The smallest absolute Gasteiger partial charge is 0.226 e. The van der Waals surface area contributed by atoms with E-state index in [1.54, 1.807) is 18.2 Å². The molecule has 10 heteroatoms. The molecule has 3 aromatic carbocycles. The number of halogens is 3. The van der Waals surface area contributed by atoms with E-state index in [2.05, 4.69) is 39.1 Å². The van der Waals surface area contributed by atoms with Crippen molar-refractivity contribution >= 4 is 50.9 Å². The summed E-state index contributed by atoms with van der Waals surface area (Å²) in [4.78, 5) is 21.4. The van der Waals surface area contributed by atoms with Gasteiger partial charge in [0, 0.05) is 70.2 Å². The maximum Gasteiger partial charge on any atom is 0.226 e. The molecule has 3 aliphatic heterocycles. The van der Waals surface area contributed by atoms with Crippen molar-refractivity contribution in [3.05, 3.63) is 99.0 Å². The summed E-state index contributed by atoms with van der Waals surface area (Å²) in [6, 6.07) is 22.5. The highest BCUT2D eigenvalue weighted by atomic mass is 35.5. The molecule has 7 atom stereocenters. The summed E-state index contributed by atoms with van der Waals surface area (Å²) in [5.74, 6) is 0.468. The van der Waals surface area contributed by atoms with Gasteiger partial charge in [0.2, 0.25) is 5.91 Å². The molecule has 2 aromatic heterocycles. The average Bonchev–Trinajstić information content (AvgIpc) is 3.54. The summed E-state index contributed by atoms with van der Waals surface area (Å²) < 4.78 is 26.5. The van der Waals surface area contributed by atoms with E-state index in [1.165, 1.54) is 0 Å². The van der Waals surface area contributed by atoms with Gasteiger partial charge in [-0.1, -0.05) is 65.7 Å². The van der Waals surface area contributed by atoms with E-state index in [9.17, 15) is 10.1 Å². The Hall–Kier alpha value is -4.00. The lowest BCUT2D eigenvalue weighted by Crippen LogP contribution is -2.47. The van der Waals surface area contributed by atoms with E-state index >= 15 is 4.39 Å². The Labute approximate surface area is 318 Å². The molecule has 4 bridgehead atoms. The SMILES string of the molecule is Cc1nc2c(F)c(-c3cccc(Cl)c3Cl)c(CCC#N)cc2c2c1cc(C1C3CC(CC3OCc3ccccc3)N1C(=O)C1CC1)n2C1C2CNC1C2. The number of piperidine rings is 1. The second-order valence-corrected chi connectivity index (χ2v) is 16.7. The first-order valence-electron chi connectivity index (χ1n) is 19.0. The van der Waals surface area contributed by atoms with Crippen LogP contribution in [0.2, 0.25) is 10.0 Å². The van der Waals surface area contributed by atoms with E-state index in [4.69, 9.17) is 32.9 Å². The summed E-state index contributed by atoms with van der Waals surface area (Å²) in [6.07, 6.45) is 5.33. The number of nitrogens with zero attached hydrogens (tertiary/aromatic N) is 4. The molecule has 53 heavy (non-hydrogen) atoms. The highest BCUT2D eigenvalue weighted by Gasteiger charge is 2.58. The van der Waals surface area contributed by atoms with Crippen LogP contribution in [0.4, 0.5) is 4.39 Å². The number of fused-ring (bicyclic) bond motifs is 6. The molecule has 5 aromatic rings. The number of carbonyl (C=O) groups is 1. The number of benzene rings is 3. The number of amides is 1. The van der Waals surface area contributed by atoms with E-state index in [0.717, 1.165) is 71.9 Å². The number of nitrogens with one attached hydrogen (secondary N) is 1. The molecule has 6 aliphatic rings. The lowest BCUT2D eigenvalue weighted by Gasteiger charge is -2.43. The molecule has 1 amide bonds. The predicted molar refractivity (Wildman–Crippen MR) is 204 cm³/mol. The molecule has 0 radical (unpaired) electrons. The van der Waals surface area contributed by atoms with Gasteiger partial charge in [0.25, 0.3) is 0 Å². The largest absolute Gasteiger partial charge is 0.373 e. The van der Waals surface area contributed by atoms with Crippen LogP contribution in [0.3, 0.4) is 0 Å². The van der Waals surface area contributed by atoms with Crippen molar-refractivity contribution in [2.75, 3.05) is 6.54 Å². The molecular formula is C43H40Cl2FN5O2. The molecule has 1 N–H and O–H groups in total. The lowest BCUT2D eigenvalue weighted by molar-refractivity contribution is -0.140. The third-order valence-corrected chi connectivity index (χ3v) is 13.7. The Bertz CT molecular complexity index is 2340. The quantitative estimate of drug-likeness (QED) is 0.163. The number of nitriles is 1. The van der Waals surface area contributed by atoms with Crippen LogP contribution >= 0.6 is 23.2 Å². The van der Waals surface area contributed by atoms with Crippen molar-refractivity contribution in [3.63, 3.8) is 0 Å². The van der Waals surface area contributed by atoms with Gasteiger partial charge < -0.3 is 19.5 Å². The number of rotatable bonds is 9. The van der Waals surface area contributed by atoms with Crippen LogP contribution < -0.4 is 5.32 Å². The highest BCUT2D eigenvalue weighted by molar-refractivity contribution is 6.43. The standard InChI is InChI=1S/C43H40Cl2FN5O2/c1-22-29-19-34(42-30-17-27(50(42)43(52)24-12-13-24)18-35(30)53-21-23-7-3-2-4-8-23)51(40-26-16-33(40)48-20-26)41(29)31-15-25(9-6-14-47)36(38(46)39(31)49-22)28-10-5-11-32(44)37(28)45/h2-5,7-8,10-11,15,19,24,26-27,30,33,35,40,42,48H,6,9,12-13,16-18,20-21H2,1H3. The minimum Gasteiger partial charge on any atom is -0.373 e. The number of aromatic nitrogens is 2. The minimum atomic E-state index is -0.464. The second-order valence-electron chi connectivity index (χ2n) is 15.9. The fourth-order valence-corrected chi connectivity index (χ4v) is 10.7. The fourth-order valence-electron chi connectivity index (χ4n) is 10.3. The zero-order chi connectivity index (χ0) is 36.1.